The third-order valence-electron chi connectivity index (χ3n) is 11.1. The first-order valence-corrected chi connectivity index (χ1v) is 19.8. The third kappa shape index (κ3) is 6.65. The molecule has 6 nitrogen and oxygen atoms in total. The fourth-order valence-corrected chi connectivity index (χ4v) is 8.19. The minimum absolute atomic E-state index is 0.548. The Morgan fingerprint density at radius 3 is 1.69 bits per heavy atom. The molecule has 0 saturated heterocycles. The van der Waals surface area contributed by atoms with E-state index in [1.807, 2.05) is 127 Å². The van der Waals surface area contributed by atoms with Gasteiger partial charge in [-0.1, -0.05) is 140 Å². The number of aromatic nitrogens is 3. The molecule has 2 aromatic heterocycles. The van der Waals surface area contributed by atoms with Crippen molar-refractivity contribution in [1.29, 1.82) is 10.5 Å². The van der Waals surface area contributed by atoms with Crippen molar-refractivity contribution in [2.45, 2.75) is 0 Å². The number of hydrogen-bond donors (Lipinski definition) is 0. The van der Waals surface area contributed by atoms with Crippen molar-refractivity contribution in [3.8, 4) is 85.1 Å². The van der Waals surface area contributed by atoms with E-state index in [-0.39, 0.29) is 0 Å². The maximum absolute atomic E-state index is 10.0. The summed E-state index contributed by atoms with van der Waals surface area (Å²) in [5, 5.41) is 22.0. The van der Waals surface area contributed by atoms with E-state index in [2.05, 4.69) is 88.3 Å². The van der Waals surface area contributed by atoms with Crippen molar-refractivity contribution < 1.29 is 0 Å². The van der Waals surface area contributed by atoms with Gasteiger partial charge in [-0.05, 0) is 76.9 Å². The predicted octanol–water partition coefficient (Wildman–Crippen LogP) is 13.9. The first-order chi connectivity index (χ1) is 30.1. The SMILES string of the molecule is [C-]#[N+]c1ccc(-c2cc(-c3cc(-c4ccccc4)nc(-c4ccccc4)n3)cc(-c3ccc(C#N)cc3)c2-n2c3ccccc3c3cc(-c4ccccc4C#N)ccc32)cc1. The third-order valence-corrected chi connectivity index (χ3v) is 11.1. The molecule has 0 aliphatic rings. The zero-order valence-corrected chi connectivity index (χ0v) is 32.7. The number of fused-ring (bicyclic) bond motifs is 3. The van der Waals surface area contributed by atoms with Crippen molar-refractivity contribution in [2.24, 2.45) is 0 Å². The standard InChI is InChI=1S/C55H32N6/c1-58-44-27-24-38(25-28-44)48-32-43(51-33-50(39-12-4-2-5-13-39)59-55(60-51)40-14-6-3-7-15-40)31-47(37-22-20-36(34-56)21-23-37)54(48)61-52-19-11-10-18-46(52)49-30-41(26-29-53(49)61)45-17-9-8-16-42(45)35-57/h2-33H. The second-order valence-electron chi connectivity index (χ2n) is 14.7. The molecule has 0 N–H and O–H groups in total. The molecule has 0 unspecified atom stereocenters. The van der Waals surface area contributed by atoms with E-state index >= 15 is 0 Å². The van der Waals surface area contributed by atoms with Gasteiger partial charge >= 0.3 is 0 Å². The van der Waals surface area contributed by atoms with Gasteiger partial charge in [-0.2, -0.15) is 10.5 Å². The van der Waals surface area contributed by atoms with Gasteiger partial charge in [-0.25, -0.2) is 14.8 Å². The molecular weight excluding hydrogens is 745 g/mol. The molecule has 0 aliphatic carbocycles. The number of rotatable bonds is 7. The summed E-state index contributed by atoms with van der Waals surface area (Å²) in [5.41, 5.74) is 14.5. The fraction of sp³-hybridized carbons (Fsp3) is 0. The normalized spacial score (nSPS) is 10.9. The summed E-state index contributed by atoms with van der Waals surface area (Å²) in [5.74, 6) is 0.611. The molecule has 0 radical (unpaired) electrons. The van der Waals surface area contributed by atoms with Crippen LogP contribution in [0.1, 0.15) is 11.1 Å². The number of nitriles is 2. The monoisotopic (exact) mass is 776 g/mol. The minimum Gasteiger partial charge on any atom is -0.308 e. The number of nitrogens with zero attached hydrogens (tertiary/aromatic N) is 6. The molecule has 0 saturated carbocycles. The van der Waals surface area contributed by atoms with Crippen LogP contribution in [0.25, 0.3) is 99.6 Å². The Morgan fingerprint density at radius 2 is 1.02 bits per heavy atom. The van der Waals surface area contributed by atoms with Gasteiger partial charge < -0.3 is 4.57 Å². The molecule has 61 heavy (non-hydrogen) atoms. The van der Waals surface area contributed by atoms with Gasteiger partial charge in [0, 0.05) is 38.6 Å². The van der Waals surface area contributed by atoms with Crippen molar-refractivity contribution in [3.05, 3.63) is 217 Å². The van der Waals surface area contributed by atoms with Crippen LogP contribution in [0.2, 0.25) is 0 Å². The van der Waals surface area contributed by atoms with Crippen LogP contribution in [-0.4, -0.2) is 14.5 Å². The van der Waals surface area contributed by atoms with Crippen LogP contribution in [0.3, 0.4) is 0 Å². The summed E-state index contributed by atoms with van der Waals surface area (Å²) in [4.78, 5) is 14.0. The topological polar surface area (TPSA) is 82.7 Å². The van der Waals surface area contributed by atoms with E-state index in [1.54, 1.807) is 0 Å². The summed E-state index contributed by atoms with van der Waals surface area (Å²) >= 11 is 0. The molecule has 0 spiro atoms. The molecule has 0 aliphatic heterocycles. The lowest BCUT2D eigenvalue weighted by Gasteiger charge is -2.21. The van der Waals surface area contributed by atoms with Crippen LogP contribution in [0.15, 0.2) is 194 Å². The molecular formula is C55H32N6. The zero-order chi connectivity index (χ0) is 41.3. The highest BCUT2D eigenvalue weighted by atomic mass is 15.0. The van der Waals surface area contributed by atoms with Gasteiger partial charge in [0.1, 0.15) is 0 Å². The Morgan fingerprint density at radius 1 is 0.443 bits per heavy atom. The Balaban J connectivity index is 1.32. The van der Waals surface area contributed by atoms with E-state index in [1.165, 1.54) is 0 Å². The smallest absolute Gasteiger partial charge is 0.187 e. The van der Waals surface area contributed by atoms with Crippen LogP contribution >= 0.6 is 0 Å². The quantitative estimate of drug-likeness (QED) is 0.151. The van der Waals surface area contributed by atoms with E-state index in [9.17, 15) is 10.5 Å². The highest BCUT2D eigenvalue weighted by molar-refractivity contribution is 6.12. The summed E-state index contributed by atoms with van der Waals surface area (Å²) in [6.45, 7) is 7.73. The molecule has 10 aromatic rings. The van der Waals surface area contributed by atoms with Crippen LogP contribution < -0.4 is 0 Å². The lowest BCUT2D eigenvalue weighted by molar-refractivity contribution is 1.17. The van der Waals surface area contributed by atoms with Gasteiger partial charge in [-0.15, -0.1) is 0 Å². The van der Waals surface area contributed by atoms with Gasteiger partial charge in [0.25, 0.3) is 0 Å². The molecule has 8 aromatic carbocycles. The van der Waals surface area contributed by atoms with Gasteiger partial charge in [0.2, 0.25) is 0 Å². The number of hydrogen-bond acceptors (Lipinski definition) is 4. The van der Waals surface area contributed by atoms with E-state index in [0.29, 0.717) is 22.6 Å². The van der Waals surface area contributed by atoms with Crippen LogP contribution in [0.4, 0.5) is 5.69 Å². The van der Waals surface area contributed by atoms with E-state index in [0.717, 1.165) is 89.0 Å². The molecule has 0 bridgehead atoms. The van der Waals surface area contributed by atoms with Crippen molar-refractivity contribution >= 4 is 27.5 Å². The summed E-state index contributed by atoms with van der Waals surface area (Å²) in [7, 11) is 0. The Labute approximate surface area is 353 Å². The maximum atomic E-state index is 10.0. The van der Waals surface area contributed by atoms with Crippen LogP contribution in [0, 0.1) is 29.2 Å². The fourth-order valence-electron chi connectivity index (χ4n) is 8.19. The van der Waals surface area contributed by atoms with Crippen molar-refractivity contribution in [1.82, 2.24) is 14.5 Å². The zero-order valence-electron chi connectivity index (χ0n) is 32.7. The van der Waals surface area contributed by atoms with E-state index in [4.69, 9.17) is 16.5 Å². The number of benzene rings is 8. The average molecular weight is 777 g/mol. The first kappa shape index (κ1) is 36.5. The summed E-state index contributed by atoms with van der Waals surface area (Å²) in [6, 6.07) is 69.2. The molecule has 2 heterocycles. The average Bonchev–Trinajstić information content (AvgIpc) is 3.67. The van der Waals surface area contributed by atoms with Gasteiger partial charge in [0.15, 0.2) is 11.5 Å². The number of para-hydroxylation sites is 1. The minimum atomic E-state index is 0.548. The highest BCUT2D eigenvalue weighted by Crippen LogP contribution is 2.45. The van der Waals surface area contributed by atoms with Crippen LogP contribution in [-0.2, 0) is 0 Å². The van der Waals surface area contributed by atoms with Crippen molar-refractivity contribution in [3.63, 3.8) is 0 Å². The Kier molecular flexibility index (Phi) is 9.24. The largest absolute Gasteiger partial charge is 0.308 e. The second kappa shape index (κ2) is 15.5. The lowest BCUT2D eigenvalue weighted by Crippen LogP contribution is -2.03. The van der Waals surface area contributed by atoms with E-state index < -0.39 is 0 Å². The van der Waals surface area contributed by atoms with Gasteiger partial charge in [0.05, 0.1) is 57.9 Å². The second-order valence-corrected chi connectivity index (χ2v) is 14.7. The first-order valence-electron chi connectivity index (χ1n) is 19.8. The molecule has 0 amide bonds. The Hall–Kier alpha value is -8.89. The van der Waals surface area contributed by atoms with Crippen LogP contribution in [0.5, 0.6) is 0 Å². The maximum Gasteiger partial charge on any atom is 0.187 e. The predicted molar refractivity (Wildman–Crippen MR) is 245 cm³/mol. The van der Waals surface area contributed by atoms with Gasteiger partial charge in [-0.3, -0.25) is 0 Å². The summed E-state index contributed by atoms with van der Waals surface area (Å²) < 4.78 is 2.32. The summed E-state index contributed by atoms with van der Waals surface area (Å²) in [6.07, 6.45) is 0. The van der Waals surface area contributed by atoms with Crippen molar-refractivity contribution in [2.75, 3.05) is 0 Å². The lowest BCUT2D eigenvalue weighted by atomic mass is 9.91. The molecule has 0 atom stereocenters. The molecule has 6 heteroatoms. The molecule has 0 fully saturated rings. The molecule has 10 rings (SSSR count). The Bertz CT molecular complexity index is 3280. The highest BCUT2D eigenvalue weighted by Gasteiger charge is 2.23. The molecule has 282 valence electrons.